The normalized spacial score (nSPS) is 12.1. The van der Waals surface area contributed by atoms with Crippen molar-refractivity contribution in [2.45, 2.75) is 32.3 Å². The molecule has 0 radical (unpaired) electrons. The Balaban J connectivity index is 1.79. The van der Waals surface area contributed by atoms with Crippen LogP contribution in [0.5, 0.6) is 5.75 Å². The molecule has 0 bridgehead atoms. The van der Waals surface area contributed by atoms with E-state index < -0.39 is 6.10 Å². The maximum Gasteiger partial charge on any atom is 0.127 e. The van der Waals surface area contributed by atoms with E-state index >= 15 is 0 Å². The van der Waals surface area contributed by atoms with Gasteiger partial charge in [0, 0.05) is 11.6 Å². The molecular weight excluding hydrogens is 267 g/mol. The van der Waals surface area contributed by atoms with Crippen LogP contribution in [0.4, 0.5) is 4.39 Å². The first-order valence-electron chi connectivity index (χ1n) is 7.31. The zero-order chi connectivity index (χ0) is 15.1. The predicted molar refractivity (Wildman–Crippen MR) is 81.9 cm³/mol. The number of aliphatic hydroxyl groups is 1. The van der Waals surface area contributed by atoms with E-state index in [1.807, 2.05) is 18.2 Å². The third-order valence-electron chi connectivity index (χ3n) is 3.39. The monoisotopic (exact) mass is 288 g/mol. The van der Waals surface area contributed by atoms with E-state index in [0.717, 1.165) is 19.3 Å². The van der Waals surface area contributed by atoms with Crippen molar-refractivity contribution in [1.82, 2.24) is 0 Å². The molecule has 2 aromatic carbocycles. The first-order chi connectivity index (χ1) is 10.2. The molecular formula is C18H21FO2. The van der Waals surface area contributed by atoms with Gasteiger partial charge in [0.2, 0.25) is 0 Å². The molecule has 0 spiro atoms. The molecule has 112 valence electrons. The molecule has 1 N–H and O–H groups in total. The average molecular weight is 288 g/mol. The highest BCUT2D eigenvalue weighted by molar-refractivity contribution is 5.35. The summed E-state index contributed by atoms with van der Waals surface area (Å²) in [6, 6.07) is 14.5. The summed E-state index contributed by atoms with van der Waals surface area (Å²) in [6.45, 7) is 2.17. The molecule has 0 aromatic heterocycles. The molecule has 0 saturated carbocycles. The highest BCUT2D eigenvalue weighted by Crippen LogP contribution is 2.26. The van der Waals surface area contributed by atoms with Crippen LogP contribution in [-0.2, 0) is 6.42 Å². The lowest BCUT2D eigenvalue weighted by Gasteiger charge is -2.13. The van der Waals surface area contributed by atoms with E-state index in [0.29, 0.717) is 17.9 Å². The van der Waals surface area contributed by atoms with Gasteiger partial charge >= 0.3 is 0 Å². The van der Waals surface area contributed by atoms with Crippen LogP contribution in [0, 0.1) is 5.82 Å². The van der Waals surface area contributed by atoms with Gasteiger partial charge in [0.05, 0.1) is 12.7 Å². The maximum absolute atomic E-state index is 13.2. The van der Waals surface area contributed by atoms with Crippen LogP contribution in [0.15, 0.2) is 48.5 Å². The van der Waals surface area contributed by atoms with Gasteiger partial charge in [-0.15, -0.1) is 0 Å². The average Bonchev–Trinajstić information content (AvgIpc) is 2.48. The Morgan fingerprint density at radius 3 is 2.57 bits per heavy atom. The zero-order valence-corrected chi connectivity index (χ0v) is 12.3. The van der Waals surface area contributed by atoms with Crippen molar-refractivity contribution >= 4 is 0 Å². The Labute approximate surface area is 125 Å². The smallest absolute Gasteiger partial charge is 0.127 e. The molecule has 0 unspecified atom stereocenters. The summed E-state index contributed by atoms with van der Waals surface area (Å²) in [7, 11) is 0. The quantitative estimate of drug-likeness (QED) is 0.770. The summed E-state index contributed by atoms with van der Waals surface area (Å²) in [5.41, 5.74) is 1.94. The van der Waals surface area contributed by atoms with Gasteiger partial charge in [-0.3, -0.25) is 0 Å². The lowest BCUT2D eigenvalue weighted by molar-refractivity contribution is 0.190. The second-order valence-corrected chi connectivity index (χ2v) is 5.15. The van der Waals surface area contributed by atoms with Crippen LogP contribution in [0.1, 0.15) is 37.0 Å². The van der Waals surface area contributed by atoms with Crippen LogP contribution in [0.2, 0.25) is 0 Å². The summed E-state index contributed by atoms with van der Waals surface area (Å²) in [4.78, 5) is 0. The summed E-state index contributed by atoms with van der Waals surface area (Å²) in [5, 5.41) is 9.64. The second kappa shape index (κ2) is 7.79. The number of rotatable bonds is 7. The molecule has 0 amide bonds. The lowest BCUT2D eigenvalue weighted by atomic mass is 10.1. The Morgan fingerprint density at radius 1 is 1.10 bits per heavy atom. The maximum atomic E-state index is 13.2. The fraction of sp³-hybridized carbons (Fsp3) is 0.333. The topological polar surface area (TPSA) is 29.5 Å². The third-order valence-corrected chi connectivity index (χ3v) is 3.39. The fourth-order valence-electron chi connectivity index (χ4n) is 2.24. The molecule has 0 fully saturated rings. The van der Waals surface area contributed by atoms with Gasteiger partial charge in [0.15, 0.2) is 0 Å². The molecule has 1 atom stereocenters. The highest BCUT2D eigenvalue weighted by Gasteiger charge is 2.10. The number of ether oxygens (including phenoxy) is 1. The SMILES string of the molecule is C[C@H](O)c1ccc(F)cc1OCCCCc1ccccc1. The fourth-order valence-corrected chi connectivity index (χ4v) is 2.24. The van der Waals surface area contributed by atoms with Crippen molar-refractivity contribution in [2.75, 3.05) is 6.61 Å². The van der Waals surface area contributed by atoms with Gasteiger partial charge in [-0.2, -0.15) is 0 Å². The zero-order valence-electron chi connectivity index (χ0n) is 12.3. The number of halogens is 1. The van der Waals surface area contributed by atoms with Crippen LogP contribution in [0.25, 0.3) is 0 Å². The summed E-state index contributed by atoms with van der Waals surface area (Å²) >= 11 is 0. The van der Waals surface area contributed by atoms with Gasteiger partial charge in [-0.25, -0.2) is 4.39 Å². The van der Waals surface area contributed by atoms with E-state index in [9.17, 15) is 9.50 Å². The standard InChI is InChI=1S/C18H21FO2/c1-14(20)17-11-10-16(19)13-18(17)21-12-6-5-9-15-7-3-2-4-8-15/h2-4,7-8,10-11,13-14,20H,5-6,9,12H2,1H3/t14-/m0/s1. The number of benzene rings is 2. The predicted octanol–water partition coefficient (Wildman–Crippen LogP) is 4.28. The minimum Gasteiger partial charge on any atom is -0.493 e. The molecule has 0 heterocycles. The highest BCUT2D eigenvalue weighted by atomic mass is 19.1. The Morgan fingerprint density at radius 2 is 1.86 bits per heavy atom. The van der Waals surface area contributed by atoms with Crippen molar-refractivity contribution in [1.29, 1.82) is 0 Å². The van der Waals surface area contributed by atoms with E-state index in [4.69, 9.17) is 4.74 Å². The summed E-state index contributed by atoms with van der Waals surface area (Å²) < 4.78 is 18.9. The number of unbranched alkanes of at least 4 members (excludes halogenated alkanes) is 1. The second-order valence-electron chi connectivity index (χ2n) is 5.15. The van der Waals surface area contributed by atoms with Crippen molar-refractivity contribution in [3.8, 4) is 5.75 Å². The van der Waals surface area contributed by atoms with Gasteiger partial charge in [0.1, 0.15) is 11.6 Å². The van der Waals surface area contributed by atoms with Crippen molar-refractivity contribution in [3.05, 3.63) is 65.5 Å². The molecule has 3 heteroatoms. The van der Waals surface area contributed by atoms with Gasteiger partial charge in [0.25, 0.3) is 0 Å². The third kappa shape index (κ3) is 4.87. The lowest BCUT2D eigenvalue weighted by Crippen LogP contribution is -2.03. The number of hydrogen-bond acceptors (Lipinski definition) is 2. The van der Waals surface area contributed by atoms with Gasteiger partial charge in [-0.05, 0) is 43.9 Å². The summed E-state index contributed by atoms with van der Waals surface area (Å²) in [6.07, 6.45) is 2.26. The van der Waals surface area contributed by atoms with Crippen molar-refractivity contribution < 1.29 is 14.2 Å². The molecule has 0 saturated heterocycles. The Hall–Kier alpha value is -1.87. The first kappa shape index (κ1) is 15.5. The first-order valence-corrected chi connectivity index (χ1v) is 7.31. The number of aliphatic hydroxyl groups excluding tert-OH is 1. The Kier molecular flexibility index (Phi) is 5.76. The molecule has 2 aromatic rings. The van der Waals surface area contributed by atoms with Crippen LogP contribution in [-0.4, -0.2) is 11.7 Å². The van der Waals surface area contributed by atoms with Crippen LogP contribution in [0.3, 0.4) is 0 Å². The molecule has 0 aliphatic carbocycles. The molecule has 0 aliphatic heterocycles. The largest absolute Gasteiger partial charge is 0.493 e. The number of aryl methyl sites for hydroxylation is 1. The van der Waals surface area contributed by atoms with Gasteiger partial charge in [-0.1, -0.05) is 30.3 Å². The van der Waals surface area contributed by atoms with Crippen LogP contribution >= 0.6 is 0 Å². The van der Waals surface area contributed by atoms with E-state index in [2.05, 4.69) is 12.1 Å². The van der Waals surface area contributed by atoms with Gasteiger partial charge < -0.3 is 9.84 Å². The van der Waals surface area contributed by atoms with Crippen molar-refractivity contribution in [3.63, 3.8) is 0 Å². The minimum absolute atomic E-state index is 0.348. The van der Waals surface area contributed by atoms with E-state index in [1.165, 1.54) is 17.7 Å². The van der Waals surface area contributed by atoms with E-state index in [-0.39, 0.29) is 5.82 Å². The minimum atomic E-state index is -0.662. The molecule has 0 aliphatic rings. The number of hydrogen-bond donors (Lipinski definition) is 1. The summed E-state index contributed by atoms with van der Waals surface area (Å²) in [5.74, 6) is 0.0865. The van der Waals surface area contributed by atoms with Crippen LogP contribution < -0.4 is 4.74 Å². The Bertz CT molecular complexity index is 552. The molecule has 2 nitrogen and oxygen atoms in total. The van der Waals surface area contributed by atoms with E-state index in [1.54, 1.807) is 13.0 Å². The molecule has 2 rings (SSSR count). The molecule has 21 heavy (non-hydrogen) atoms. The van der Waals surface area contributed by atoms with Crippen molar-refractivity contribution in [2.24, 2.45) is 0 Å².